The Labute approximate surface area is 123 Å². The zero-order chi connectivity index (χ0) is 14.7. The summed E-state index contributed by atoms with van der Waals surface area (Å²) < 4.78 is 5.11. The van der Waals surface area contributed by atoms with Gasteiger partial charge in [0.1, 0.15) is 0 Å². The van der Waals surface area contributed by atoms with Crippen LogP contribution in [0.1, 0.15) is 42.1 Å². The van der Waals surface area contributed by atoms with E-state index in [1.54, 1.807) is 0 Å². The van der Waals surface area contributed by atoms with E-state index >= 15 is 0 Å². The van der Waals surface area contributed by atoms with Gasteiger partial charge in [0.15, 0.2) is 5.82 Å². The number of rotatable bonds is 5. The van der Waals surface area contributed by atoms with Gasteiger partial charge in [-0.1, -0.05) is 36.3 Å². The number of hydrogen-bond donors (Lipinski definition) is 1. The van der Waals surface area contributed by atoms with Gasteiger partial charge in [-0.3, -0.25) is 4.79 Å². The van der Waals surface area contributed by atoms with Gasteiger partial charge in [-0.25, -0.2) is 0 Å². The number of hydrogen-bond acceptors (Lipinski definition) is 4. The van der Waals surface area contributed by atoms with Gasteiger partial charge in [-0.2, -0.15) is 4.98 Å². The number of benzene rings is 1. The zero-order valence-corrected chi connectivity index (χ0v) is 12.1. The highest BCUT2D eigenvalue weighted by atomic mass is 16.5. The highest BCUT2D eigenvalue weighted by molar-refractivity contribution is 5.84. The van der Waals surface area contributed by atoms with Crippen LogP contribution < -0.4 is 5.32 Å². The molecule has 1 atom stereocenters. The Bertz CT molecular complexity index is 636. The van der Waals surface area contributed by atoms with Crippen molar-refractivity contribution < 1.29 is 9.32 Å². The van der Waals surface area contributed by atoms with Crippen LogP contribution in [0.4, 0.5) is 0 Å². The lowest BCUT2D eigenvalue weighted by molar-refractivity contribution is -0.122. The number of aryl methyl sites for hydroxylation is 2. The van der Waals surface area contributed by atoms with Crippen molar-refractivity contribution in [3.05, 3.63) is 47.1 Å². The van der Waals surface area contributed by atoms with Crippen LogP contribution in [-0.2, 0) is 24.1 Å². The van der Waals surface area contributed by atoms with E-state index in [-0.39, 0.29) is 11.8 Å². The summed E-state index contributed by atoms with van der Waals surface area (Å²) in [6, 6.07) is 8.18. The van der Waals surface area contributed by atoms with E-state index in [9.17, 15) is 4.79 Å². The van der Waals surface area contributed by atoms with E-state index in [1.807, 2.05) is 19.1 Å². The van der Waals surface area contributed by atoms with Gasteiger partial charge in [0.25, 0.3) is 0 Å². The molecule has 0 spiro atoms. The maximum atomic E-state index is 12.3. The average Bonchev–Trinajstić information content (AvgIpc) is 3.13. The summed E-state index contributed by atoms with van der Waals surface area (Å²) in [7, 11) is 0. The van der Waals surface area contributed by atoms with Crippen molar-refractivity contribution in [2.45, 2.75) is 38.5 Å². The Hall–Kier alpha value is -2.17. The van der Waals surface area contributed by atoms with E-state index in [0.29, 0.717) is 24.7 Å². The lowest BCUT2D eigenvalue weighted by atomic mass is 10.0. The fourth-order valence-electron chi connectivity index (χ4n) is 2.78. The number of carbonyl (C=O) groups is 1. The van der Waals surface area contributed by atoms with Gasteiger partial charge in [-0.05, 0) is 24.0 Å². The van der Waals surface area contributed by atoms with Crippen molar-refractivity contribution in [1.29, 1.82) is 0 Å². The van der Waals surface area contributed by atoms with Crippen molar-refractivity contribution in [1.82, 2.24) is 15.5 Å². The highest BCUT2D eigenvalue weighted by Crippen LogP contribution is 2.32. The number of carbonyl (C=O) groups excluding carboxylic acids is 1. The van der Waals surface area contributed by atoms with Crippen molar-refractivity contribution in [3.63, 3.8) is 0 Å². The molecule has 5 nitrogen and oxygen atoms in total. The molecule has 0 aliphatic heterocycles. The topological polar surface area (TPSA) is 68.0 Å². The summed E-state index contributed by atoms with van der Waals surface area (Å²) in [5, 5.41) is 6.82. The molecule has 1 aliphatic rings. The number of fused-ring (bicyclic) bond motifs is 1. The van der Waals surface area contributed by atoms with Gasteiger partial charge in [-0.15, -0.1) is 0 Å². The molecule has 5 heteroatoms. The van der Waals surface area contributed by atoms with Crippen molar-refractivity contribution in [2.75, 3.05) is 6.54 Å². The Balaban J connectivity index is 1.53. The predicted octanol–water partition coefficient (Wildman–Crippen LogP) is 2.02. The molecule has 1 aliphatic carbocycles. The van der Waals surface area contributed by atoms with Crippen LogP contribution in [0.2, 0.25) is 0 Å². The molecule has 0 fully saturated rings. The minimum Gasteiger partial charge on any atom is -0.355 e. The second-order valence-electron chi connectivity index (χ2n) is 5.29. The molecule has 0 bridgehead atoms. The van der Waals surface area contributed by atoms with Crippen LogP contribution in [-0.4, -0.2) is 22.6 Å². The number of amides is 1. The van der Waals surface area contributed by atoms with Gasteiger partial charge in [0.2, 0.25) is 11.8 Å². The van der Waals surface area contributed by atoms with Crippen LogP contribution in [0.5, 0.6) is 0 Å². The van der Waals surface area contributed by atoms with Crippen molar-refractivity contribution in [2.24, 2.45) is 0 Å². The third-order valence-electron chi connectivity index (χ3n) is 3.91. The first-order valence-electron chi connectivity index (χ1n) is 7.45. The summed E-state index contributed by atoms with van der Waals surface area (Å²) in [5.41, 5.74) is 2.46. The van der Waals surface area contributed by atoms with E-state index in [4.69, 9.17) is 4.52 Å². The largest absolute Gasteiger partial charge is 0.355 e. The van der Waals surface area contributed by atoms with Crippen molar-refractivity contribution >= 4 is 5.91 Å². The van der Waals surface area contributed by atoms with Gasteiger partial charge in [0.05, 0.1) is 5.92 Å². The predicted molar refractivity (Wildman–Crippen MR) is 77.9 cm³/mol. The standard InChI is InChI=1S/C16H19N3O2/c1-2-14-18-15(21-19-14)9-10-17-16(20)13-8-7-11-5-3-4-6-12(11)13/h3-6,13H,2,7-10H2,1H3,(H,17,20)/t13-/m1/s1. The third-order valence-corrected chi connectivity index (χ3v) is 3.91. The summed E-state index contributed by atoms with van der Waals surface area (Å²) in [4.78, 5) is 16.5. The summed E-state index contributed by atoms with van der Waals surface area (Å²) in [6.45, 7) is 2.51. The van der Waals surface area contributed by atoms with Gasteiger partial charge < -0.3 is 9.84 Å². The number of nitrogens with one attached hydrogen (secondary N) is 1. The van der Waals surface area contributed by atoms with Crippen LogP contribution in [0.15, 0.2) is 28.8 Å². The van der Waals surface area contributed by atoms with E-state index in [1.165, 1.54) is 11.1 Å². The molecule has 21 heavy (non-hydrogen) atoms. The third kappa shape index (κ3) is 2.96. The Morgan fingerprint density at radius 2 is 2.29 bits per heavy atom. The number of nitrogens with zero attached hydrogens (tertiary/aromatic N) is 2. The monoisotopic (exact) mass is 285 g/mol. The quantitative estimate of drug-likeness (QED) is 0.912. The van der Waals surface area contributed by atoms with Crippen LogP contribution in [0, 0.1) is 0 Å². The second kappa shape index (κ2) is 6.08. The van der Waals surface area contributed by atoms with Crippen LogP contribution in [0.3, 0.4) is 0 Å². The van der Waals surface area contributed by atoms with E-state index < -0.39 is 0 Å². The summed E-state index contributed by atoms with van der Waals surface area (Å²) in [5.74, 6) is 1.37. The Morgan fingerprint density at radius 3 is 3.10 bits per heavy atom. The maximum absolute atomic E-state index is 12.3. The molecule has 2 aromatic rings. The SMILES string of the molecule is CCc1noc(CCNC(=O)[C@@H]2CCc3ccccc32)n1. The maximum Gasteiger partial charge on any atom is 0.228 e. The fourth-order valence-corrected chi connectivity index (χ4v) is 2.78. The summed E-state index contributed by atoms with van der Waals surface area (Å²) in [6.07, 6.45) is 3.21. The minimum atomic E-state index is -0.0184. The van der Waals surface area contributed by atoms with Gasteiger partial charge >= 0.3 is 0 Å². The molecule has 1 amide bonds. The van der Waals surface area contributed by atoms with Crippen molar-refractivity contribution in [3.8, 4) is 0 Å². The smallest absolute Gasteiger partial charge is 0.228 e. The lowest BCUT2D eigenvalue weighted by Gasteiger charge is -2.11. The van der Waals surface area contributed by atoms with Gasteiger partial charge in [0, 0.05) is 19.4 Å². The first-order chi connectivity index (χ1) is 10.3. The molecule has 110 valence electrons. The second-order valence-corrected chi connectivity index (χ2v) is 5.29. The molecule has 0 unspecified atom stereocenters. The highest BCUT2D eigenvalue weighted by Gasteiger charge is 2.27. The normalized spacial score (nSPS) is 16.7. The first-order valence-corrected chi connectivity index (χ1v) is 7.45. The molecule has 0 saturated carbocycles. The lowest BCUT2D eigenvalue weighted by Crippen LogP contribution is -2.30. The molecule has 1 aromatic carbocycles. The van der Waals surface area contributed by atoms with E-state index in [0.717, 1.165) is 19.3 Å². The molecule has 1 aromatic heterocycles. The Kier molecular flexibility index (Phi) is 3.99. The average molecular weight is 285 g/mol. The minimum absolute atomic E-state index is 0.0184. The molecule has 0 saturated heterocycles. The number of aromatic nitrogens is 2. The zero-order valence-electron chi connectivity index (χ0n) is 12.1. The van der Waals surface area contributed by atoms with Crippen LogP contribution >= 0.6 is 0 Å². The molecule has 0 radical (unpaired) electrons. The molecular formula is C16H19N3O2. The fraction of sp³-hybridized carbons (Fsp3) is 0.438. The first kappa shape index (κ1) is 13.8. The molecule has 1 heterocycles. The summed E-state index contributed by atoms with van der Waals surface area (Å²) >= 11 is 0. The molecule has 1 N–H and O–H groups in total. The molecule has 3 rings (SSSR count). The van der Waals surface area contributed by atoms with E-state index in [2.05, 4.69) is 27.6 Å². The van der Waals surface area contributed by atoms with Crippen LogP contribution in [0.25, 0.3) is 0 Å². The molecular weight excluding hydrogens is 266 g/mol. The Morgan fingerprint density at radius 1 is 1.43 bits per heavy atom.